The molecule has 0 aromatic heterocycles. The molecule has 9 nitrogen and oxygen atoms in total. The van der Waals surface area contributed by atoms with Gasteiger partial charge in [0.15, 0.2) is 11.5 Å². The van der Waals surface area contributed by atoms with Crippen molar-refractivity contribution in [2.45, 2.75) is 50.2 Å². The zero-order chi connectivity index (χ0) is 34.8. The van der Waals surface area contributed by atoms with Gasteiger partial charge in [0.1, 0.15) is 24.2 Å². The van der Waals surface area contributed by atoms with Gasteiger partial charge in [-0.3, -0.25) is 13.9 Å². The van der Waals surface area contributed by atoms with E-state index in [0.717, 1.165) is 22.0 Å². The molecule has 254 valence electrons. The Labute approximate surface area is 280 Å². The van der Waals surface area contributed by atoms with Crippen LogP contribution < -0.4 is 19.1 Å². The highest BCUT2D eigenvalue weighted by atomic mass is 32.2. The predicted molar refractivity (Wildman–Crippen MR) is 179 cm³/mol. The second-order valence-electron chi connectivity index (χ2n) is 11.2. The van der Waals surface area contributed by atoms with E-state index in [4.69, 9.17) is 9.47 Å². The minimum Gasteiger partial charge on any atom is -0.493 e. The molecule has 0 saturated carbocycles. The third-order valence-corrected chi connectivity index (χ3v) is 9.64. The first-order valence-electron chi connectivity index (χ1n) is 15.3. The van der Waals surface area contributed by atoms with Crippen LogP contribution in [-0.2, 0) is 32.6 Å². The van der Waals surface area contributed by atoms with Crippen LogP contribution in [0.5, 0.6) is 11.5 Å². The number of benzene rings is 4. The summed E-state index contributed by atoms with van der Waals surface area (Å²) in [6, 6.07) is 22.0. The number of carbonyl (C=O) groups is 2. The fourth-order valence-corrected chi connectivity index (χ4v) is 6.45. The molecular weight excluding hydrogens is 640 g/mol. The Morgan fingerprint density at radius 1 is 0.812 bits per heavy atom. The Hall–Kier alpha value is -4.97. The molecule has 4 aromatic carbocycles. The summed E-state index contributed by atoms with van der Waals surface area (Å²) < 4.78 is 67.8. The summed E-state index contributed by atoms with van der Waals surface area (Å²) in [6.45, 7) is 2.89. The number of amides is 2. The lowest BCUT2D eigenvalue weighted by atomic mass is 10.0. The maximum atomic E-state index is 14.5. The van der Waals surface area contributed by atoms with Crippen LogP contribution in [0.3, 0.4) is 0 Å². The smallest absolute Gasteiger partial charge is 0.264 e. The number of rotatable bonds is 15. The lowest BCUT2D eigenvalue weighted by Crippen LogP contribution is -2.54. The minimum atomic E-state index is -4.48. The van der Waals surface area contributed by atoms with E-state index in [1.54, 1.807) is 0 Å². The summed E-state index contributed by atoms with van der Waals surface area (Å²) in [5.74, 6) is -1.78. The highest BCUT2D eigenvalue weighted by molar-refractivity contribution is 7.92. The number of sulfonamides is 1. The molecule has 0 spiro atoms. The van der Waals surface area contributed by atoms with E-state index in [1.807, 2.05) is 44.2 Å². The van der Waals surface area contributed by atoms with Crippen molar-refractivity contribution in [1.82, 2.24) is 10.2 Å². The molecule has 1 N–H and O–H groups in total. The Morgan fingerprint density at radius 2 is 1.42 bits per heavy atom. The van der Waals surface area contributed by atoms with Crippen LogP contribution in [0.15, 0.2) is 102 Å². The second-order valence-corrected chi connectivity index (χ2v) is 13.0. The normalized spacial score (nSPS) is 12.5. The topological polar surface area (TPSA) is 105 Å². The fraction of sp³-hybridized carbons (Fsp3) is 0.278. The molecule has 0 bridgehead atoms. The van der Waals surface area contributed by atoms with Gasteiger partial charge in [-0.1, -0.05) is 49.4 Å². The van der Waals surface area contributed by atoms with Crippen molar-refractivity contribution in [3.63, 3.8) is 0 Å². The van der Waals surface area contributed by atoms with Gasteiger partial charge in [0.25, 0.3) is 10.0 Å². The third-order valence-electron chi connectivity index (χ3n) is 7.87. The zero-order valence-corrected chi connectivity index (χ0v) is 28.0. The largest absolute Gasteiger partial charge is 0.493 e. The Morgan fingerprint density at radius 3 is 2.00 bits per heavy atom. The molecule has 0 heterocycles. The fourth-order valence-electron chi connectivity index (χ4n) is 5.02. The van der Waals surface area contributed by atoms with Gasteiger partial charge in [0.05, 0.1) is 24.8 Å². The molecule has 0 radical (unpaired) electrons. The Bertz CT molecular complexity index is 1790. The number of anilines is 1. The SMILES string of the molecule is CC[C@H](C)NC(=O)[C@H](Cc1ccccc1)N(Cc1ccc(F)cc1)C(=O)CN(c1ccc(F)cc1)S(=O)(=O)c1ccc(OC)c(OC)c1. The quantitative estimate of drug-likeness (QED) is 0.172. The van der Waals surface area contributed by atoms with E-state index in [0.29, 0.717) is 17.7 Å². The number of halogens is 2. The first-order chi connectivity index (χ1) is 23.0. The van der Waals surface area contributed by atoms with Crippen molar-refractivity contribution >= 4 is 27.5 Å². The monoisotopic (exact) mass is 679 g/mol. The molecule has 0 fully saturated rings. The van der Waals surface area contributed by atoms with E-state index in [-0.39, 0.29) is 35.3 Å². The first kappa shape index (κ1) is 35.9. The highest BCUT2D eigenvalue weighted by Crippen LogP contribution is 2.32. The molecule has 0 saturated heterocycles. The summed E-state index contributed by atoms with van der Waals surface area (Å²) in [4.78, 5) is 29.5. The molecule has 4 aromatic rings. The van der Waals surface area contributed by atoms with Crippen LogP contribution >= 0.6 is 0 Å². The summed E-state index contributed by atoms with van der Waals surface area (Å²) >= 11 is 0. The molecular formula is C36H39F2N3O6S. The van der Waals surface area contributed by atoms with Gasteiger partial charge in [-0.05, 0) is 73.0 Å². The lowest BCUT2D eigenvalue weighted by Gasteiger charge is -2.34. The average Bonchev–Trinajstić information content (AvgIpc) is 3.09. The van der Waals surface area contributed by atoms with Crippen molar-refractivity contribution in [3.05, 3.63) is 120 Å². The van der Waals surface area contributed by atoms with Crippen LogP contribution in [0.25, 0.3) is 0 Å². The van der Waals surface area contributed by atoms with Crippen LogP contribution in [0.1, 0.15) is 31.4 Å². The van der Waals surface area contributed by atoms with Crippen molar-refractivity contribution < 1.29 is 36.3 Å². The van der Waals surface area contributed by atoms with Gasteiger partial charge in [-0.15, -0.1) is 0 Å². The number of nitrogens with zero attached hydrogens (tertiary/aromatic N) is 2. The van der Waals surface area contributed by atoms with Gasteiger partial charge in [0.2, 0.25) is 11.8 Å². The zero-order valence-electron chi connectivity index (χ0n) is 27.2. The van der Waals surface area contributed by atoms with Gasteiger partial charge in [0, 0.05) is 25.1 Å². The van der Waals surface area contributed by atoms with Gasteiger partial charge >= 0.3 is 0 Å². The molecule has 12 heteroatoms. The van der Waals surface area contributed by atoms with Gasteiger partial charge in [-0.2, -0.15) is 0 Å². The van der Waals surface area contributed by atoms with E-state index >= 15 is 0 Å². The molecule has 0 aliphatic heterocycles. The molecule has 4 rings (SSSR count). The minimum absolute atomic E-state index is 0.0185. The number of nitrogens with one attached hydrogen (secondary N) is 1. The van der Waals surface area contributed by atoms with Gasteiger partial charge < -0.3 is 19.7 Å². The molecule has 0 aliphatic carbocycles. The summed E-state index contributed by atoms with van der Waals surface area (Å²) in [6.07, 6.45) is 0.757. The van der Waals surface area contributed by atoms with Crippen LogP contribution in [0, 0.1) is 11.6 Å². The third kappa shape index (κ3) is 8.88. The number of hydrogen-bond acceptors (Lipinski definition) is 6. The molecule has 48 heavy (non-hydrogen) atoms. The van der Waals surface area contributed by atoms with E-state index in [1.165, 1.54) is 73.7 Å². The standard InChI is InChI=1S/C36H39F2N3O6S/c1-5-25(2)39-36(43)32(21-26-9-7-6-8-10-26)40(23-27-11-13-28(37)14-12-27)35(42)24-41(30-17-15-29(38)16-18-30)48(44,45)31-19-20-33(46-3)34(22-31)47-4/h6-20,22,25,32H,5,21,23-24H2,1-4H3,(H,39,43)/t25-,32-/m0/s1. The summed E-state index contributed by atoms with van der Waals surface area (Å²) in [7, 11) is -1.71. The second kappa shape index (κ2) is 16.2. The molecule has 0 unspecified atom stereocenters. The van der Waals surface area contributed by atoms with Crippen LogP contribution in [0.4, 0.5) is 14.5 Å². The maximum Gasteiger partial charge on any atom is 0.264 e. The van der Waals surface area contributed by atoms with E-state index in [9.17, 15) is 26.8 Å². The van der Waals surface area contributed by atoms with E-state index < -0.39 is 46.1 Å². The predicted octanol–water partition coefficient (Wildman–Crippen LogP) is 5.73. The lowest BCUT2D eigenvalue weighted by molar-refractivity contribution is -0.140. The number of carbonyl (C=O) groups excluding carboxylic acids is 2. The molecule has 2 atom stereocenters. The average molecular weight is 680 g/mol. The van der Waals surface area contributed by atoms with Crippen LogP contribution in [-0.4, -0.2) is 58.0 Å². The van der Waals surface area contributed by atoms with Crippen molar-refractivity contribution in [1.29, 1.82) is 0 Å². The number of ether oxygens (including phenoxy) is 2. The number of hydrogen-bond donors (Lipinski definition) is 1. The van der Waals surface area contributed by atoms with Gasteiger partial charge in [-0.25, -0.2) is 17.2 Å². The van der Waals surface area contributed by atoms with Crippen molar-refractivity contribution in [3.8, 4) is 11.5 Å². The summed E-state index contributed by atoms with van der Waals surface area (Å²) in [5, 5.41) is 2.96. The Kier molecular flexibility index (Phi) is 12.1. The molecule has 0 aliphatic rings. The summed E-state index contributed by atoms with van der Waals surface area (Å²) in [5.41, 5.74) is 1.31. The molecule has 2 amide bonds. The van der Waals surface area contributed by atoms with Crippen LogP contribution in [0.2, 0.25) is 0 Å². The number of methoxy groups -OCH3 is 2. The Balaban J connectivity index is 1.82. The van der Waals surface area contributed by atoms with Crippen molar-refractivity contribution in [2.75, 3.05) is 25.1 Å². The highest BCUT2D eigenvalue weighted by Gasteiger charge is 2.35. The van der Waals surface area contributed by atoms with Crippen molar-refractivity contribution in [2.24, 2.45) is 0 Å². The maximum absolute atomic E-state index is 14.5. The van der Waals surface area contributed by atoms with E-state index in [2.05, 4.69) is 5.32 Å². The first-order valence-corrected chi connectivity index (χ1v) is 16.8.